The average molecular weight is 273 g/mol. The molecule has 1 saturated carbocycles. The zero-order valence-corrected chi connectivity index (χ0v) is 12.0. The van der Waals surface area contributed by atoms with Gasteiger partial charge in [0.2, 0.25) is 0 Å². The van der Waals surface area contributed by atoms with Crippen LogP contribution in [0.1, 0.15) is 60.0 Å². The minimum absolute atomic E-state index is 0.0330. The molecular formula is C17H23NO2. The molecule has 0 aliphatic heterocycles. The summed E-state index contributed by atoms with van der Waals surface area (Å²) in [5.41, 5.74) is 3.08. The van der Waals surface area contributed by atoms with Crippen LogP contribution in [0.2, 0.25) is 0 Å². The Bertz CT molecular complexity index is 504. The molecule has 1 amide bonds. The number of aliphatic hydroxyl groups excluding tert-OH is 1. The number of nitrogens with one attached hydrogen (secondary N) is 1. The molecule has 2 aliphatic carbocycles. The Balaban J connectivity index is 1.77. The highest BCUT2D eigenvalue weighted by Gasteiger charge is 2.34. The first-order chi connectivity index (χ1) is 9.72. The SMILES string of the molecule is O=C(NC1(CO)CCCC1)c1ccc2c(c1)CCCC2. The number of carbonyl (C=O) groups is 1. The van der Waals surface area contributed by atoms with Gasteiger partial charge >= 0.3 is 0 Å². The van der Waals surface area contributed by atoms with Gasteiger partial charge in [0, 0.05) is 5.56 Å². The minimum Gasteiger partial charge on any atom is -0.394 e. The van der Waals surface area contributed by atoms with Crippen molar-refractivity contribution in [2.75, 3.05) is 6.61 Å². The molecule has 0 aromatic heterocycles. The summed E-state index contributed by atoms with van der Waals surface area (Å²) in [7, 11) is 0. The summed E-state index contributed by atoms with van der Waals surface area (Å²) < 4.78 is 0. The van der Waals surface area contributed by atoms with Crippen LogP contribution in [0.3, 0.4) is 0 Å². The lowest BCUT2D eigenvalue weighted by Gasteiger charge is -2.28. The molecule has 0 unspecified atom stereocenters. The first-order valence-corrected chi connectivity index (χ1v) is 7.78. The van der Waals surface area contributed by atoms with Crippen molar-refractivity contribution in [2.45, 2.75) is 56.9 Å². The number of aliphatic hydroxyl groups is 1. The van der Waals surface area contributed by atoms with Gasteiger partial charge in [0.05, 0.1) is 12.1 Å². The van der Waals surface area contributed by atoms with Crippen LogP contribution >= 0.6 is 0 Å². The standard InChI is InChI=1S/C17H23NO2/c19-12-17(9-3-4-10-17)18-16(20)15-8-7-13-5-1-2-6-14(13)11-15/h7-8,11,19H,1-6,9-10,12H2,(H,18,20). The van der Waals surface area contributed by atoms with Crippen LogP contribution in [0.25, 0.3) is 0 Å². The second kappa shape index (κ2) is 5.57. The van der Waals surface area contributed by atoms with E-state index in [1.54, 1.807) is 0 Å². The van der Waals surface area contributed by atoms with Gasteiger partial charge < -0.3 is 10.4 Å². The summed E-state index contributed by atoms with van der Waals surface area (Å²) in [6.07, 6.45) is 8.65. The molecule has 1 fully saturated rings. The van der Waals surface area contributed by atoms with E-state index in [1.807, 2.05) is 12.1 Å². The van der Waals surface area contributed by atoms with Crippen LogP contribution < -0.4 is 5.32 Å². The molecular weight excluding hydrogens is 250 g/mol. The van der Waals surface area contributed by atoms with Crippen LogP contribution in [-0.4, -0.2) is 23.2 Å². The van der Waals surface area contributed by atoms with E-state index in [4.69, 9.17) is 0 Å². The van der Waals surface area contributed by atoms with Gasteiger partial charge in [-0.1, -0.05) is 18.9 Å². The molecule has 1 aromatic carbocycles. The van der Waals surface area contributed by atoms with Crippen LogP contribution in [0.4, 0.5) is 0 Å². The Kier molecular flexibility index (Phi) is 3.79. The lowest BCUT2D eigenvalue weighted by atomic mass is 9.90. The predicted octanol–water partition coefficient (Wildman–Crippen LogP) is 2.60. The fourth-order valence-corrected chi connectivity index (χ4v) is 3.56. The number of rotatable bonds is 3. The fraction of sp³-hybridized carbons (Fsp3) is 0.588. The first-order valence-electron chi connectivity index (χ1n) is 7.78. The first kappa shape index (κ1) is 13.6. The molecule has 0 spiro atoms. The maximum Gasteiger partial charge on any atom is 0.251 e. The lowest BCUT2D eigenvalue weighted by molar-refractivity contribution is 0.0838. The van der Waals surface area contributed by atoms with Crippen molar-refractivity contribution in [3.8, 4) is 0 Å². The highest BCUT2D eigenvalue weighted by molar-refractivity contribution is 5.95. The Hall–Kier alpha value is -1.35. The molecule has 20 heavy (non-hydrogen) atoms. The molecule has 0 heterocycles. The van der Waals surface area contributed by atoms with Crippen LogP contribution in [0.15, 0.2) is 18.2 Å². The van der Waals surface area contributed by atoms with Gasteiger partial charge in [0.25, 0.3) is 5.91 Å². The second-order valence-corrected chi connectivity index (χ2v) is 6.29. The van der Waals surface area contributed by atoms with Gasteiger partial charge in [-0.25, -0.2) is 0 Å². The van der Waals surface area contributed by atoms with Gasteiger partial charge in [0.1, 0.15) is 0 Å². The van der Waals surface area contributed by atoms with E-state index in [1.165, 1.54) is 24.0 Å². The highest BCUT2D eigenvalue weighted by atomic mass is 16.3. The van der Waals surface area contributed by atoms with Gasteiger partial charge in [0.15, 0.2) is 0 Å². The summed E-state index contributed by atoms with van der Waals surface area (Å²) in [6.45, 7) is 0.0453. The number of benzene rings is 1. The third-order valence-corrected chi connectivity index (χ3v) is 4.85. The van der Waals surface area contributed by atoms with E-state index < -0.39 is 0 Å². The maximum atomic E-state index is 12.4. The van der Waals surface area contributed by atoms with Crippen molar-refractivity contribution in [1.29, 1.82) is 0 Å². The largest absolute Gasteiger partial charge is 0.394 e. The van der Waals surface area contributed by atoms with E-state index >= 15 is 0 Å². The van der Waals surface area contributed by atoms with Crippen molar-refractivity contribution in [3.05, 3.63) is 34.9 Å². The van der Waals surface area contributed by atoms with Crippen LogP contribution in [0.5, 0.6) is 0 Å². The van der Waals surface area contributed by atoms with Crippen LogP contribution in [-0.2, 0) is 12.8 Å². The number of hydrogen-bond acceptors (Lipinski definition) is 2. The van der Waals surface area contributed by atoms with Gasteiger partial charge in [-0.3, -0.25) is 4.79 Å². The highest BCUT2D eigenvalue weighted by Crippen LogP contribution is 2.30. The molecule has 3 rings (SSSR count). The van der Waals surface area contributed by atoms with E-state index in [-0.39, 0.29) is 18.1 Å². The van der Waals surface area contributed by atoms with Gasteiger partial charge in [-0.05, 0) is 61.8 Å². The lowest BCUT2D eigenvalue weighted by Crippen LogP contribution is -2.49. The zero-order chi connectivity index (χ0) is 14.0. The Morgan fingerprint density at radius 1 is 1.10 bits per heavy atom. The maximum absolute atomic E-state index is 12.4. The molecule has 2 aliphatic rings. The normalized spacial score (nSPS) is 20.4. The third kappa shape index (κ3) is 2.59. The smallest absolute Gasteiger partial charge is 0.251 e. The third-order valence-electron chi connectivity index (χ3n) is 4.85. The Morgan fingerprint density at radius 3 is 2.50 bits per heavy atom. The van der Waals surface area contributed by atoms with E-state index in [0.717, 1.165) is 44.1 Å². The summed E-state index contributed by atoms with van der Waals surface area (Å²) in [5, 5.41) is 12.7. The summed E-state index contributed by atoms with van der Waals surface area (Å²) >= 11 is 0. The molecule has 0 bridgehead atoms. The van der Waals surface area contributed by atoms with Gasteiger partial charge in [-0.15, -0.1) is 0 Å². The predicted molar refractivity (Wildman–Crippen MR) is 78.8 cm³/mol. The molecule has 0 saturated heterocycles. The van der Waals surface area contributed by atoms with Crippen molar-refractivity contribution >= 4 is 5.91 Å². The van der Waals surface area contributed by atoms with E-state index in [2.05, 4.69) is 11.4 Å². The number of carbonyl (C=O) groups excluding carboxylic acids is 1. The molecule has 0 radical (unpaired) electrons. The average Bonchev–Trinajstić information content (AvgIpc) is 2.96. The number of fused-ring (bicyclic) bond motifs is 1. The number of hydrogen-bond donors (Lipinski definition) is 2. The molecule has 1 aromatic rings. The Morgan fingerprint density at radius 2 is 1.80 bits per heavy atom. The molecule has 0 atom stereocenters. The molecule has 3 heteroatoms. The van der Waals surface area contributed by atoms with E-state index in [0.29, 0.717) is 0 Å². The van der Waals surface area contributed by atoms with Crippen molar-refractivity contribution in [2.24, 2.45) is 0 Å². The Labute approximate surface area is 120 Å². The second-order valence-electron chi connectivity index (χ2n) is 6.29. The van der Waals surface area contributed by atoms with Crippen molar-refractivity contribution in [1.82, 2.24) is 5.32 Å². The van der Waals surface area contributed by atoms with Gasteiger partial charge in [-0.2, -0.15) is 0 Å². The summed E-state index contributed by atoms with van der Waals surface area (Å²) in [6, 6.07) is 6.08. The topological polar surface area (TPSA) is 49.3 Å². The van der Waals surface area contributed by atoms with E-state index in [9.17, 15) is 9.90 Å². The zero-order valence-electron chi connectivity index (χ0n) is 12.0. The molecule has 108 valence electrons. The molecule has 2 N–H and O–H groups in total. The minimum atomic E-state index is -0.382. The fourth-order valence-electron chi connectivity index (χ4n) is 3.56. The van der Waals surface area contributed by atoms with Crippen molar-refractivity contribution in [3.63, 3.8) is 0 Å². The summed E-state index contributed by atoms with van der Waals surface area (Å²) in [4.78, 5) is 12.4. The number of aryl methyl sites for hydroxylation is 2. The summed E-state index contributed by atoms with van der Waals surface area (Å²) in [5.74, 6) is -0.0330. The van der Waals surface area contributed by atoms with Crippen LogP contribution in [0, 0.1) is 0 Å². The monoisotopic (exact) mass is 273 g/mol. The quantitative estimate of drug-likeness (QED) is 0.889. The van der Waals surface area contributed by atoms with Crippen molar-refractivity contribution < 1.29 is 9.90 Å². The number of amides is 1. The molecule has 3 nitrogen and oxygen atoms in total.